The molecule has 0 unspecified atom stereocenters. The molecule has 0 bridgehead atoms. The highest BCUT2D eigenvalue weighted by atomic mass is 19.3. The van der Waals surface area contributed by atoms with E-state index in [0.29, 0.717) is 12.2 Å². The Kier molecular flexibility index (Phi) is 3.02. The number of rotatable bonds is 2. The maximum atomic E-state index is 13.0. The normalized spacial score (nSPS) is 19.3. The molecule has 0 saturated carbocycles. The van der Waals surface area contributed by atoms with Crippen molar-refractivity contribution in [3.05, 3.63) is 23.3 Å². The van der Waals surface area contributed by atoms with E-state index in [4.69, 9.17) is 0 Å². The lowest BCUT2D eigenvalue weighted by atomic mass is 9.96. The van der Waals surface area contributed by atoms with Gasteiger partial charge in [0.2, 0.25) is 0 Å². The van der Waals surface area contributed by atoms with Crippen molar-refractivity contribution in [3.8, 4) is 0 Å². The summed E-state index contributed by atoms with van der Waals surface area (Å²) in [6, 6.07) is 0. The van der Waals surface area contributed by atoms with Crippen molar-refractivity contribution >= 4 is 11.8 Å². The lowest BCUT2D eigenvalue weighted by molar-refractivity contribution is -0.140. The fourth-order valence-corrected chi connectivity index (χ4v) is 1.23. The molecule has 1 rings (SSSR count). The van der Waals surface area contributed by atoms with Crippen LogP contribution in [0, 0.1) is 0 Å². The average molecular weight is 216 g/mol. The molecule has 0 N–H and O–H groups in total. The summed E-state index contributed by atoms with van der Waals surface area (Å²) in [6.07, 6.45) is 0.860. The molecule has 1 aliphatic rings. The number of alkyl halides is 2. The van der Waals surface area contributed by atoms with E-state index in [2.05, 4.69) is 4.74 Å². The number of halogens is 2. The number of hydrogen-bond donors (Lipinski definition) is 0. The van der Waals surface area contributed by atoms with Crippen LogP contribution >= 0.6 is 0 Å². The Morgan fingerprint density at radius 3 is 2.60 bits per heavy atom. The van der Waals surface area contributed by atoms with Crippen molar-refractivity contribution in [3.63, 3.8) is 0 Å². The van der Waals surface area contributed by atoms with Gasteiger partial charge in [-0.3, -0.25) is 4.79 Å². The fraction of sp³-hybridized carbons (Fsp3) is 0.400. The lowest BCUT2D eigenvalue weighted by Crippen LogP contribution is -2.26. The summed E-state index contributed by atoms with van der Waals surface area (Å²) in [4.78, 5) is 22.5. The van der Waals surface area contributed by atoms with Crippen molar-refractivity contribution in [2.45, 2.75) is 19.8 Å². The molecule has 0 atom stereocenters. The minimum absolute atomic E-state index is 0.0395. The number of carbonyl (C=O) groups excluding carboxylic acids is 2. The van der Waals surface area contributed by atoms with Crippen molar-refractivity contribution in [2.24, 2.45) is 0 Å². The number of ether oxygens (including phenoxy) is 1. The number of allylic oxidation sites excluding steroid dienone is 3. The van der Waals surface area contributed by atoms with E-state index in [1.807, 2.05) is 0 Å². The molecule has 15 heavy (non-hydrogen) atoms. The van der Waals surface area contributed by atoms with Crippen molar-refractivity contribution in [1.82, 2.24) is 0 Å². The van der Waals surface area contributed by atoms with Crippen LogP contribution in [-0.2, 0) is 14.3 Å². The largest absolute Gasteiger partial charge is 0.462 e. The molecule has 0 aromatic rings. The first-order valence-electron chi connectivity index (χ1n) is 4.39. The molecule has 5 heteroatoms. The molecule has 0 aromatic carbocycles. The summed E-state index contributed by atoms with van der Waals surface area (Å²) in [5.41, 5.74) is -0.743. The predicted octanol–water partition coefficient (Wildman–Crippen LogP) is 1.64. The minimum Gasteiger partial charge on any atom is -0.462 e. The van der Waals surface area contributed by atoms with Gasteiger partial charge in [-0.25, -0.2) is 4.79 Å². The van der Waals surface area contributed by atoms with Gasteiger partial charge in [0.05, 0.1) is 6.61 Å². The number of esters is 1. The van der Waals surface area contributed by atoms with Crippen LogP contribution in [0.1, 0.15) is 13.8 Å². The summed E-state index contributed by atoms with van der Waals surface area (Å²) in [5.74, 6) is -4.98. The second-order valence-corrected chi connectivity index (χ2v) is 3.11. The van der Waals surface area contributed by atoms with Gasteiger partial charge in [-0.2, -0.15) is 8.78 Å². The van der Waals surface area contributed by atoms with E-state index in [9.17, 15) is 18.4 Å². The van der Waals surface area contributed by atoms with Gasteiger partial charge in [-0.05, 0) is 25.5 Å². The van der Waals surface area contributed by atoms with Gasteiger partial charge < -0.3 is 4.74 Å². The number of ketones is 1. The molecular formula is C10H10F2O3. The smallest absolute Gasteiger partial charge is 0.342 e. The Hall–Kier alpha value is -1.52. The number of carbonyl (C=O) groups is 2. The first kappa shape index (κ1) is 11.6. The van der Waals surface area contributed by atoms with Crippen LogP contribution in [-0.4, -0.2) is 24.3 Å². The lowest BCUT2D eigenvalue weighted by Gasteiger charge is -2.16. The third kappa shape index (κ3) is 2.49. The van der Waals surface area contributed by atoms with Gasteiger partial charge in [0.15, 0.2) is 5.78 Å². The Morgan fingerprint density at radius 2 is 2.07 bits per heavy atom. The standard InChI is InChI=1S/C10H10F2O3/c1-3-15-9(14)7-5-10(11,12)4-6(2)8(7)13/h4-5H,3H2,1-2H3. The molecule has 82 valence electrons. The summed E-state index contributed by atoms with van der Waals surface area (Å²) in [6.45, 7) is 2.81. The fourth-order valence-electron chi connectivity index (χ4n) is 1.23. The predicted molar refractivity (Wildman–Crippen MR) is 48.4 cm³/mol. The van der Waals surface area contributed by atoms with Crippen LogP contribution in [0.4, 0.5) is 8.78 Å². The summed E-state index contributed by atoms with van der Waals surface area (Å²) in [7, 11) is 0. The monoisotopic (exact) mass is 216 g/mol. The second-order valence-electron chi connectivity index (χ2n) is 3.11. The van der Waals surface area contributed by atoms with Gasteiger partial charge in [0.25, 0.3) is 5.92 Å². The quantitative estimate of drug-likeness (QED) is 0.520. The van der Waals surface area contributed by atoms with Gasteiger partial charge >= 0.3 is 5.97 Å². The molecule has 1 aliphatic carbocycles. The molecule has 0 spiro atoms. The molecule has 3 nitrogen and oxygen atoms in total. The molecule has 0 aromatic heterocycles. The van der Waals surface area contributed by atoms with E-state index in [-0.39, 0.29) is 12.2 Å². The number of Topliss-reactive ketones (excluding diaryl/α,β-unsaturated/α-hetero) is 1. The molecular weight excluding hydrogens is 206 g/mol. The Morgan fingerprint density at radius 1 is 1.47 bits per heavy atom. The second kappa shape index (κ2) is 3.92. The number of hydrogen-bond acceptors (Lipinski definition) is 3. The maximum absolute atomic E-state index is 13.0. The molecule has 0 fully saturated rings. The van der Waals surface area contributed by atoms with Crippen LogP contribution < -0.4 is 0 Å². The van der Waals surface area contributed by atoms with E-state index in [1.54, 1.807) is 0 Å². The zero-order chi connectivity index (χ0) is 11.6. The van der Waals surface area contributed by atoms with E-state index >= 15 is 0 Å². The molecule has 0 radical (unpaired) electrons. The summed E-state index contributed by atoms with van der Waals surface area (Å²) >= 11 is 0. The third-order valence-corrected chi connectivity index (χ3v) is 1.84. The summed E-state index contributed by atoms with van der Waals surface area (Å²) in [5, 5.41) is 0. The molecule has 0 amide bonds. The highest BCUT2D eigenvalue weighted by Crippen LogP contribution is 2.28. The summed E-state index contributed by atoms with van der Waals surface area (Å²) < 4.78 is 30.4. The zero-order valence-electron chi connectivity index (χ0n) is 8.34. The molecule has 0 aliphatic heterocycles. The van der Waals surface area contributed by atoms with Crippen LogP contribution in [0.15, 0.2) is 23.3 Å². The van der Waals surface area contributed by atoms with Crippen molar-refractivity contribution < 1.29 is 23.1 Å². The first-order valence-corrected chi connectivity index (χ1v) is 4.39. The van der Waals surface area contributed by atoms with E-state index in [0.717, 1.165) is 0 Å². The maximum Gasteiger partial charge on any atom is 0.342 e. The Labute approximate surface area is 85.4 Å². The van der Waals surface area contributed by atoms with Gasteiger partial charge in [0, 0.05) is 6.08 Å². The Bertz CT molecular complexity index is 367. The SMILES string of the molecule is CCOC(=O)C1=CC(F)(F)C=C(C)C1=O. The highest BCUT2D eigenvalue weighted by Gasteiger charge is 2.35. The van der Waals surface area contributed by atoms with E-state index < -0.39 is 23.2 Å². The molecule has 0 saturated heterocycles. The Balaban J connectivity index is 3.03. The van der Waals surface area contributed by atoms with E-state index in [1.165, 1.54) is 13.8 Å². The van der Waals surface area contributed by atoms with Crippen LogP contribution in [0.25, 0.3) is 0 Å². The van der Waals surface area contributed by atoms with Gasteiger partial charge in [0.1, 0.15) is 5.57 Å². The van der Waals surface area contributed by atoms with Crippen LogP contribution in [0.2, 0.25) is 0 Å². The minimum atomic E-state index is -3.26. The van der Waals surface area contributed by atoms with Gasteiger partial charge in [-0.1, -0.05) is 0 Å². The van der Waals surface area contributed by atoms with Crippen LogP contribution in [0.3, 0.4) is 0 Å². The highest BCUT2D eigenvalue weighted by molar-refractivity contribution is 6.24. The zero-order valence-corrected chi connectivity index (χ0v) is 8.34. The first-order chi connectivity index (χ1) is 6.87. The van der Waals surface area contributed by atoms with Crippen molar-refractivity contribution in [1.29, 1.82) is 0 Å². The van der Waals surface area contributed by atoms with Gasteiger partial charge in [-0.15, -0.1) is 0 Å². The topological polar surface area (TPSA) is 43.4 Å². The average Bonchev–Trinajstić information content (AvgIpc) is 2.11. The third-order valence-electron chi connectivity index (χ3n) is 1.84. The van der Waals surface area contributed by atoms with Crippen molar-refractivity contribution in [2.75, 3.05) is 6.61 Å². The molecule has 0 heterocycles. The van der Waals surface area contributed by atoms with Crippen LogP contribution in [0.5, 0.6) is 0 Å².